The predicted molar refractivity (Wildman–Crippen MR) is 113 cm³/mol. The van der Waals surface area contributed by atoms with E-state index < -0.39 is 0 Å². The van der Waals surface area contributed by atoms with E-state index in [0.29, 0.717) is 49.0 Å². The van der Waals surface area contributed by atoms with E-state index in [1.807, 2.05) is 4.90 Å². The van der Waals surface area contributed by atoms with Crippen LogP contribution in [0.5, 0.6) is 0 Å². The zero-order valence-corrected chi connectivity index (χ0v) is 16.9. The number of oxazole rings is 1. The molecule has 1 saturated heterocycles. The summed E-state index contributed by atoms with van der Waals surface area (Å²) in [6.07, 6.45) is 2.74. The number of piperidine rings is 1. The molecule has 0 bridgehead atoms. The summed E-state index contributed by atoms with van der Waals surface area (Å²) in [6.45, 7) is 2.56. The summed E-state index contributed by atoms with van der Waals surface area (Å²) in [5.41, 5.74) is 1.45. The summed E-state index contributed by atoms with van der Waals surface area (Å²) < 4.78 is 11.1. The molecule has 4 rings (SSSR count). The molecule has 0 unspecified atom stereocenters. The Morgan fingerprint density at radius 3 is 2.55 bits per heavy atom. The maximum atomic E-state index is 12.7. The summed E-state index contributed by atoms with van der Waals surface area (Å²) >= 11 is 0. The van der Waals surface area contributed by atoms with Gasteiger partial charge in [0.2, 0.25) is 23.4 Å². The maximum absolute atomic E-state index is 12.7. The monoisotopic (exact) mass is 419 g/mol. The lowest BCUT2D eigenvalue weighted by Crippen LogP contribution is -2.38. The van der Waals surface area contributed by atoms with Gasteiger partial charge < -0.3 is 24.4 Å². The second kappa shape index (κ2) is 8.75. The van der Waals surface area contributed by atoms with Crippen LogP contribution in [-0.4, -0.2) is 29.9 Å². The summed E-state index contributed by atoms with van der Waals surface area (Å²) in [4.78, 5) is 30.1. The highest BCUT2D eigenvalue weighted by Gasteiger charge is 2.29. The number of nitriles is 1. The van der Waals surface area contributed by atoms with Gasteiger partial charge in [-0.25, -0.2) is 0 Å². The summed E-state index contributed by atoms with van der Waals surface area (Å²) in [5.74, 6) is 0.701. The summed E-state index contributed by atoms with van der Waals surface area (Å²) in [6, 6.07) is 12.5. The number of rotatable bonds is 5. The number of nitrogens with zero attached hydrogens (tertiary/aromatic N) is 3. The molecule has 3 heterocycles. The molecule has 9 heteroatoms. The molecule has 1 aliphatic rings. The normalized spacial score (nSPS) is 14.1. The molecule has 1 fully saturated rings. The van der Waals surface area contributed by atoms with Crippen LogP contribution in [0.15, 0.2) is 51.5 Å². The fourth-order valence-electron chi connectivity index (χ4n) is 3.57. The smallest absolute Gasteiger partial charge is 0.266 e. The zero-order valence-electron chi connectivity index (χ0n) is 16.9. The zero-order chi connectivity index (χ0) is 21.8. The van der Waals surface area contributed by atoms with Gasteiger partial charge in [-0.1, -0.05) is 6.07 Å². The Morgan fingerprint density at radius 2 is 1.90 bits per heavy atom. The van der Waals surface area contributed by atoms with Crippen LogP contribution in [-0.2, 0) is 9.59 Å². The third-order valence-corrected chi connectivity index (χ3v) is 5.05. The van der Waals surface area contributed by atoms with Crippen molar-refractivity contribution < 1.29 is 18.4 Å². The number of hydrogen-bond donors (Lipinski definition) is 2. The first-order valence-corrected chi connectivity index (χ1v) is 9.92. The van der Waals surface area contributed by atoms with E-state index in [2.05, 4.69) is 21.7 Å². The Kier molecular flexibility index (Phi) is 5.71. The summed E-state index contributed by atoms with van der Waals surface area (Å²) in [5, 5.41) is 15.0. The largest absolute Gasteiger partial charge is 0.459 e. The molecule has 31 heavy (non-hydrogen) atoms. The Bertz CT molecular complexity index is 1120. The molecule has 158 valence electrons. The minimum atomic E-state index is -0.171. The van der Waals surface area contributed by atoms with Crippen LogP contribution >= 0.6 is 0 Å². The predicted octanol–water partition coefficient (Wildman–Crippen LogP) is 3.62. The standard InChI is InChI=1S/C22H21N5O4/c1-14(28)24-16-4-2-5-17(12-16)25-20(29)15-7-9-27(10-8-15)22-18(13-23)26-21(31-22)19-6-3-11-30-19/h2-6,11-12,15H,7-10H2,1H3,(H,24,28)(H,25,29). The van der Waals surface area contributed by atoms with Gasteiger partial charge in [-0.15, -0.1) is 0 Å². The van der Waals surface area contributed by atoms with Gasteiger partial charge >= 0.3 is 0 Å². The molecule has 0 spiro atoms. The van der Waals surface area contributed by atoms with Crippen LogP contribution in [0.4, 0.5) is 17.3 Å². The van der Waals surface area contributed by atoms with Crippen molar-refractivity contribution in [3.05, 3.63) is 48.4 Å². The highest BCUT2D eigenvalue weighted by atomic mass is 16.4. The van der Waals surface area contributed by atoms with Crippen LogP contribution in [0.25, 0.3) is 11.7 Å². The lowest BCUT2D eigenvalue weighted by Gasteiger charge is -2.31. The molecule has 0 radical (unpaired) electrons. The Morgan fingerprint density at radius 1 is 1.16 bits per heavy atom. The molecule has 0 atom stereocenters. The van der Waals surface area contributed by atoms with Crippen molar-refractivity contribution in [2.75, 3.05) is 28.6 Å². The molecule has 9 nitrogen and oxygen atoms in total. The second-order valence-corrected chi connectivity index (χ2v) is 7.27. The molecule has 2 amide bonds. The van der Waals surface area contributed by atoms with Crippen molar-refractivity contribution in [2.24, 2.45) is 5.92 Å². The van der Waals surface area contributed by atoms with Crippen molar-refractivity contribution >= 4 is 29.1 Å². The number of anilines is 3. The van der Waals surface area contributed by atoms with E-state index in [-0.39, 0.29) is 29.3 Å². The van der Waals surface area contributed by atoms with Crippen LogP contribution < -0.4 is 15.5 Å². The van der Waals surface area contributed by atoms with Gasteiger partial charge in [0, 0.05) is 37.3 Å². The van der Waals surface area contributed by atoms with Crippen molar-refractivity contribution in [2.45, 2.75) is 19.8 Å². The third kappa shape index (κ3) is 4.59. The van der Waals surface area contributed by atoms with E-state index in [1.54, 1.807) is 36.4 Å². The van der Waals surface area contributed by atoms with E-state index in [9.17, 15) is 14.9 Å². The molecular formula is C22H21N5O4. The third-order valence-electron chi connectivity index (χ3n) is 5.05. The van der Waals surface area contributed by atoms with Crippen molar-refractivity contribution in [1.82, 2.24) is 4.98 Å². The molecule has 1 aliphatic heterocycles. The molecule has 0 aliphatic carbocycles. The van der Waals surface area contributed by atoms with Crippen molar-refractivity contribution in [3.8, 4) is 17.7 Å². The van der Waals surface area contributed by atoms with Gasteiger partial charge in [-0.3, -0.25) is 9.59 Å². The van der Waals surface area contributed by atoms with E-state index in [1.165, 1.54) is 13.2 Å². The Hall–Kier alpha value is -4.06. The number of amides is 2. The van der Waals surface area contributed by atoms with Crippen LogP contribution in [0, 0.1) is 17.2 Å². The molecule has 2 N–H and O–H groups in total. The fraction of sp³-hybridized carbons (Fsp3) is 0.273. The number of aromatic nitrogens is 1. The average Bonchev–Trinajstić information content (AvgIpc) is 3.43. The molecule has 2 aromatic heterocycles. The first kappa shape index (κ1) is 20.2. The van der Waals surface area contributed by atoms with Gasteiger partial charge in [0.1, 0.15) is 6.07 Å². The van der Waals surface area contributed by atoms with Gasteiger partial charge in [0.05, 0.1) is 6.26 Å². The molecule has 0 saturated carbocycles. The number of hydrogen-bond acceptors (Lipinski definition) is 7. The minimum Gasteiger partial charge on any atom is -0.459 e. The van der Waals surface area contributed by atoms with Crippen molar-refractivity contribution in [3.63, 3.8) is 0 Å². The minimum absolute atomic E-state index is 0.0750. The van der Waals surface area contributed by atoms with E-state index >= 15 is 0 Å². The number of benzene rings is 1. The van der Waals surface area contributed by atoms with Crippen LogP contribution in [0.2, 0.25) is 0 Å². The Labute approximate surface area is 178 Å². The quantitative estimate of drug-likeness (QED) is 0.647. The fourth-order valence-corrected chi connectivity index (χ4v) is 3.57. The van der Waals surface area contributed by atoms with E-state index in [0.717, 1.165) is 0 Å². The van der Waals surface area contributed by atoms with Gasteiger partial charge in [-0.05, 0) is 43.2 Å². The second-order valence-electron chi connectivity index (χ2n) is 7.27. The number of carbonyl (C=O) groups is 2. The summed E-state index contributed by atoms with van der Waals surface area (Å²) in [7, 11) is 0. The highest BCUT2D eigenvalue weighted by molar-refractivity contribution is 5.94. The highest BCUT2D eigenvalue weighted by Crippen LogP contribution is 2.31. The van der Waals surface area contributed by atoms with Gasteiger partial charge in [-0.2, -0.15) is 10.2 Å². The van der Waals surface area contributed by atoms with E-state index in [4.69, 9.17) is 8.83 Å². The topological polar surface area (TPSA) is 124 Å². The molecule has 1 aromatic carbocycles. The number of nitrogens with one attached hydrogen (secondary N) is 2. The number of furan rings is 1. The lowest BCUT2D eigenvalue weighted by molar-refractivity contribution is -0.120. The van der Waals surface area contributed by atoms with Gasteiger partial charge in [0.15, 0.2) is 5.76 Å². The van der Waals surface area contributed by atoms with Crippen LogP contribution in [0.3, 0.4) is 0 Å². The first-order chi connectivity index (χ1) is 15.0. The lowest BCUT2D eigenvalue weighted by atomic mass is 9.96. The molecular weight excluding hydrogens is 398 g/mol. The molecule has 3 aromatic rings. The van der Waals surface area contributed by atoms with Crippen LogP contribution in [0.1, 0.15) is 25.5 Å². The SMILES string of the molecule is CC(=O)Nc1cccc(NC(=O)C2CCN(c3oc(-c4ccco4)nc3C#N)CC2)c1. The maximum Gasteiger partial charge on any atom is 0.266 e. The Balaban J connectivity index is 1.38. The van der Waals surface area contributed by atoms with Crippen molar-refractivity contribution in [1.29, 1.82) is 5.26 Å². The first-order valence-electron chi connectivity index (χ1n) is 9.92. The number of carbonyl (C=O) groups excluding carboxylic acids is 2. The average molecular weight is 419 g/mol. The van der Waals surface area contributed by atoms with Gasteiger partial charge in [0.25, 0.3) is 5.89 Å².